The number of benzene rings is 6. The summed E-state index contributed by atoms with van der Waals surface area (Å²) in [7, 11) is 0. The Kier molecular flexibility index (Phi) is 5.70. The molecule has 46 heavy (non-hydrogen) atoms. The Morgan fingerprint density at radius 2 is 0.674 bits per heavy atom. The van der Waals surface area contributed by atoms with E-state index in [1.807, 2.05) is 99.9 Å². The van der Waals surface area contributed by atoms with Gasteiger partial charge >= 0.3 is 0 Å². The maximum Gasteiger partial charge on any atom is 0.0980 e. The maximum atomic E-state index is 5.24. The fourth-order valence-electron chi connectivity index (χ4n) is 6.67. The van der Waals surface area contributed by atoms with Gasteiger partial charge in [0.15, 0.2) is 0 Å². The van der Waals surface area contributed by atoms with Gasteiger partial charge in [-0.25, -0.2) is 19.9 Å². The number of rotatable bonds is 0. The largest absolute Gasteiger partial charge is 0.244 e. The van der Waals surface area contributed by atoms with E-state index in [0.717, 1.165) is 99.4 Å². The van der Waals surface area contributed by atoms with E-state index in [1.165, 1.54) is 0 Å². The predicted molar refractivity (Wildman–Crippen MR) is 186 cm³/mol. The smallest absolute Gasteiger partial charge is 0.0980 e. The van der Waals surface area contributed by atoms with Crippen LogP contribution < -0.4 is 0 Å². The third-order valence-corrected chi connectivity index (χ3v) is 8.72. The molecule has 0 unspecified atom stereocenters. The second-order valence-electron chi connectivity index (χ2n) is 11.6. The van der Waals surface area contributed by atoms with E-state index in [-0.39, 0.29) is 0 Å². The molecule has 4 heteroatoms. The molecule has 0 atom stereocenters. The molecule has 0 N–H and O–H groups in total. The van der Waals surface area contributed by atoms with Crippen LogP contribution in [0.1, 0.15) is 11.1 Å². The van der Waals surface area contributed by atoms with Crippen molar-refractivity contribution in [1.29, 1.82) is 0 Å². The van der Waals surface area contributed by atoms with Gasteiger partial charge in [0.2, 0.25) is 0 Å². The third kappa shape index (κ3) is 4.03. The lowest BCUT2D eigenvalue weighted by Gasteiger charge is -2.17. The zero-order valence-electron chi connectivity index (χ0n) is 24.3. The van der Waals surface area contributed by atoms with Gasteiger partial charge in [-0.05, 0) is 99.9 Å². The van der Waals surface area contributed by atoms with Crippen LogP contribution in [0, 0.1) is 86.9 Å². The average molecular weight is 581 g/mol. The number of nitrogens with zero attached hydrogens (tertiary/aromatic N) is 4. The molecule has 0 bridgehead atoms. The molecule has 8 aromatic rings. The van der Waals surface area contributed by atoms with Gasteiger partial charge in [-0.1, -0.05) is 47.9 Å². The Balaban J connectivity index is 1.40. The SMILES string of the molecule is C(#Cc1cc2c3nc4ccccc4nc3c3cc(C#C[C]4[CH][CH][CH][CH]4)cc4c5nc6ccccc6nc5c(c1)c2c34)[C]1[CH][CH][CH][CH]1. The first kappa shape index (κ1) is 26.0. The molecule has 2 aromatic heterocycles. The lowest BCUT2D eigenvalue weighted by Crippen LogP contribution is -1.98. The molecule has 10 radical (unpaired) electrons. The molecule has 2 fully saturated rings. The molecule has 10 rings (SSSR count). The molecule has 208 valence electrons. The van der Waals surface area contributed by atoms with Crippen LogP contribution in [-0.2, 0) is 0 Å². The van der Waals surface area contributed by atoms with Crippen LogP contribution in [0.15, 0.2) is 72.8 Å². The van der Waals surface area contributed by atoms with Gasteiger partial charge in [0.25, 0.3) is 0 Å². The number of fused-ring (bicyclic) bond motifs is 8. The molecule has 2 aliphatic carbocycles. The van der Waals surface area contributed by atoms with E-state index in [1.54, 1.807) is 0 Å². The summed E-state index contributed by atoms with van der Waals surface area (Å²) >= 11 is 0. The molecular formula is C42H20N4. The van der Waals surface area contributed by atoms with Gasteiger partial charge in [-0.15, -0.1) is 0 Å². The number of hydrogen-bond acceptors (Lipinski definition) is 4. The van der Waals surface area contributed by atoms with Crippen LogP contribution in [0.2, 0.25) is 0 Å². The fourth-order valence-corrected chi connectivity index (χ4v) is 6.67. The fraction of sp³-hybridized carbons (Fsp3) is 0. The van der Waals surface area contributed by atoms with Crippen LogP contribution in [0.5, 0.6) is 0 Å². The summed E-state index contributed by atoms with van der Waals surface area (Å²) in [5.41, 5.74) is 8.52. The Morgan fingerprint density at radius 1 is 0.370 bits per heavy atom. The highest BCUT2D eigenvalue weighted by Crippen LogP contribution is 2.45. The molecule has 0 aliphatic heterocycles. The van der Waals surface area contributed by atoms with Crippen molar-refractivity contribution in [3.05, 3.63) is 147 Å². The van der Waals surface area contributed by atoms with Crippen molar-refractivity contribution >= 4 is 76.5 Å². The highest BCUT2D eigenvalue weighted by atomic mass is 14.8. The summed E-state index contributed by atoms with van der Waals surface area (Å²) in [6.07, 6.45) is 16.1. The molecule has 0 saturated heterocycles. The normalized spacial score (nSPS) is 15.9. The zero-order chi connectivity index (χ0) is 30.2. The van der Waals surface area contributed by atoms with E-state index in [4.69, 9.17) is 19.9 Å². The van der Waals surface area contributed by atoms with Crippen molar-refractivity contribution in [2.75, 3.05) is 0 Å². The predicted octanol–water partition coefficient (Wildman–Crippen LogP) is 8.29. The second kappa shape index (κ2) is 10.1. The molecule has 2 saturated carbocycles. The lowest BCUT2D eigenvalue weighted by molar-refractivity contribution is 1.41. The van der Waals surface area contributed by atoms with Gasteiger partial charge < -0.3 is 0 Å². The third-order valence-electron chi connectivity index (χ3n) is 8.72. The van der Waals surface area contributed by atoms with Crippen LogP contribution in [-0.4, -0.2) is 19.9 Å². The lowest BCUT2D eigenvalue weighted by atomic mass is 9.88. The van der Waals surface area contributed by atoms with Gasteiger partial charge in [0, 0.05) is 43.4 Å². The molecule has 2 heterocycles. The van der Waals surface area contributed by atoms with E-state index < -0.39 is 0 Å². The molecule has 6 aromatic carbocycles. The van der Waals surface area contributed by atoms with Gasteiger partial charge in [0.05, 0.1) is 56.0 Å². The van der Waals surface area contributed by atoms with Crippen LogP contribution in [0.4, 0.5) is 0 Å². The number of aromatic nitrogens is 4. The van der Waals surface area contributed by atoms with Crippen LogP contribution in [0.3, 0.4) is 0 Å². The van der Waals surface area contributed by atoms with Gasteiger partial charge in [0.1, 0.15) is 0 Å². The van der Waals surface area contributed by atoms with Crippen molar-refractivity contribution in [2.24, 2.45) is 0 Å². The minimum atomic E-state index is 0.837. The Labute approximate surface area is 266 Å². The first-order valence-electron chi connectivity index (χ1n) is 15.2. The molecule has 0 spiro atoms. The topological polar surface area (TPSA) is 51.6 Å². The first-order chi connectivity index (χ1) is 22.8. The maximum absolute atomic E-state index is 5.24. The highest BCUT2D eigenvalue weighted by molar-refractivity contribution is 6.39. The number of hydrogen-bond donors (Lipinski definition) is 0. The van der Waals surface area contributed by atoms with E-state index >= 15 is 0 Å². The van der Waals surface area contributed by atoms with Crippen molar-refractivity contribution < 1.29 is 0 Å². The van der Waals surface area contributed by atoms with Crippen LogP contribution in [0.25, 0.3) is 76.5 Å². The summed E-state index contributed by atoms with van der Waals surface area (Å²) in [6, 6.07) is 24.7. The van der Waals surface area contributed by atoms with E-state index in [0.29, 0.717) is 0 Å². The first-order valence-corrected chi connectivity index (χ1v) is 15.2. The summed E-state index contributed by atoms with van der Waals surface area (Å²) in [6.45, 7) is 0. The Morgan fingerprint density at radius 3 is 0.978 bits per heavy atom. The molecular weight excluding hydrogens is 560 g/mol. The summed E-state index contributed by atoms with van der Waals surface area (Å²) < 4.78 is 0. The highest BCUT2D eigenvalue weighted by Gasteiger charge is 2.23. The van der Waals surface area contributed by atoms with Gasteiger partial charge in [-0.3, -0.25) is 0 Å². The average Bonchev–Trinajstić information content (AvgIpc) is 3.83. The standard InChI is InChI=1S/C42H20N4/c1-2-10-25(9-1)17-19-27-21-29-37-30(22-27)40-42(46-36-16-8-6-14-34(36)44-40)32-24-28(20-18-26-11-3-4-12-26)23-31(38(32)37)41-39(29)43-33-13-5-7-15-35(33)45-41/h1-16,21-24H. The number of para-hydroxylation sites is 4. The monoisotopic (exact) mass is 580 g/mol. The summed E-state index contributed by atoms with van der Waals surface area (Å²) in [5, 5.41) is 6.19. The van der Waals surface area contributed by atoms with E-state index in [9.17, 15) is 0 Å². The summed E-state index contributed by atoms with van der Waals surface area (Å²) in [4.78, 5) is 21.0. The van der Waals surface area contributed by atoms with Crippen LogP contribution >= 0.6 is 0 Å². The summed E-state index contributed by atoms with van der Waals surface area (Å²) in [5.74, 6) is 15.5. The Bertz CT molecular complexity index is 2340. The minimum absolute atomic E-state index is 0.837. The van der Waals surface area contributed by atoms with E-state index in [2.05, 4.69) is 47.9 Å². The quantitative estimate of drug-likeness (QED) is 0.103. The second-order valence-corrected chi connectivity index (χ2v) is 11.6. The van der Waals surface area contributed by atoms with Crippen molar-refractivity contribution in [3.63, 3.8) is 0 Å². The molecule has 4 nitrogen and oxygen atoms in total. The Hall–Kier alpha value is -5.32. The van der Waals surface area contributed by atoms with Crippen molar-refractivity contribution in [3.8, 4) is 23.7 Å². The zero-order valence-corrected chi connectivity index (χ0v) is 24.3. The minimum Gasteiger partial charge on any atom is -0.244 e. The van der Waals surface area contributed by atoms with Crippen molar-refractivity contribution in [2.45, 2.75) is 0 Å². The molecule has 0 amide bonds. The van der Waals surface area contributed by atoms with Crippen molar-refractivity contribution in [1.82, 2.24) is 19.9 Å². The molecule has 2 aliphatic rings. The van der Waals surface area contributed by atoms with Gasteiger partial charge in [-0.2, -0.15) is 0 Å².